The molecule has 9 heteroatoms. The molecular formula is C23H16ClN3O5. The number of halogens is 1. The van der Waals surface area contributed by atoms with Gasteiger partial charge in [-0.1, -0.05) is 48.0 Å². The molecule has 2 heterocycles. The van der Waals surface area contributed by atoms with Crippen molar-refractivity contribution < 1.29 is 19.3 Å². The average Bonchev–Trinajstić information content (AvgIpc) is 3.31. The number of hydroxylamine groups is 1. The van der Waals surface area contributed by atoms with Gasteiger partial charge in [0.05, 0.1) is 22.3 Å². The van der Waals surface area contributed by atoms with Gasteiger partial charge >= 0.3 is 0 Å². The summed E-state index contributed by atoms with van der Waals surface area (Å²) in [6.07, 6.45) is -1.04. The van der Waals surface area contributed by atoms with Crippen LogP contribution in [0.25, 0.3) is 0 Å². The van der Waals surface area contributed by atoms with Crippen LogP contribution < -0.4 is 9.96 Å². The second-order valence-corrected chi connectivity index (χ2v) is 7.87. The second kappa shape index (κ2) is 7.74. The van der Waals surface area contributed by atoms with Gasteiger partial charge in [-0.2, -0.15) is 0 Å². The van der Waals surface area contributed by atoms with Crippen LogP contribution in [0.3, 0.4) is 0 Å². The van der Waals surface area contributed by atoms with Crippen molar-refractivity contribution in [3.05, 3.63) is 99.6 Å². The molecule has 2 fully saturated rings. The molecule has 2 aliphatic heterocycles. The molecule has 2 aliphatic rings. The average molecular weight is 450 g/mol. The first-order chi connectivity index (χ1) is 15.5. The van der Waals surface area contributed by atoms with Gasteiger partial charge in [0.1, 0.15) is 5.92 Å². The van der Waals surface area contributed by atoms with Crippen molar-refractivity contribution in [2.45, 2.75) is 12.1 Å². The molecule has 0 radical (unpaired) electrons. The molecule has 0 aromatic heterocycles. The van der Waals surface area contributed by atoms with Crippen LogP contribution >= 0.6 is 11.6 Å². The van der Waals surface area contributed by atoms with Crippen LogP contribution in [0.2, 0.25) is 5.02 Å². The zero-order chi connectivity index (χ0) is 22.4. The molecule has 2 saturated heterocycles. The molecule has 3 aromatic carbocycles. The lowest BCUT2D eigenvalue weighted by molar-refractivity contribution is -0.384. The van der Waals surface area contributed by atoms with Gasteiger partial charge in [0.25, 0.3) is 11.6 Å². The lowest BCUT2D eigenvalue weighted by atomic mass is 9.90. The van der Waals surface area contributed by atoms with Crippen molar-refractivity contribution in [1.29, 1.82) is 0 Å². The minimum atomic E-state index is -1.04. The van der Waals surface area contributed by atoms with Crippen molar-refractivity contribution in [2.24, 2.45) is 5.92 Å². The van der Waals surface area contributed by atoms with E-state index in [-0.39, 0.29) is 11.4 Å². The first-order valence-electron chi connectivity index (χ1n) is 9.85. The molecule has 0 bridgehead atoms. The monoisotopic (exact) mass is 449 g/mol. The van der Waals surface area contributed by atoms with Crippen LogP contribution in [0.5, 0.6) is 0 Å². The van der Waals surface area contributed by atoms with E-state index < -0.39 is 34.8 Å². The third-order valence-corrected chi connectivity index (χ3v) is 6.01. The molecule has 32 heavy (non-hydrogen) atoms. The predicted molar refractivity (Wildman–Crippen MR) is 117 cm³/mol. The molecule has 2 amide bonds. The lowest BCUT2D eigenvalue weighted by Gasteiger charge is -2.29. The molecule has 160 valence electrons. The molecule has 0 spiro atoms. The Morgan fingerprint density at radius 2 is 1.50 bits per heavy atom. The zero-order valence-corrected chi connectivity index (χ0v) is 17.3. The molecule has 0 N–H and O–H groups in total. The van der Waals surface area contributed by atoms with Gasteiger partial charge in [-0.3, -0.25) is 24.5 Å². The van der Waals surface area contributed by atoms with Crippen molar-refractivity contribution in [3.8, 4) is 0 Å². The number of non-ortho nitro benzene ring substituents is 1. The van der Waals surface area contributed by atoms with Gasteiger partial charge in [-0.15, -0.1) is 0 Å². The summed E-state index contributed by atoms with van der Waals surface area (Å²) in [7, 11) is 0. The Labute approximate surface area is 187 Å². The van der Waals surface area contributed by atoms with Gasteiger partial charge in [0.15, 0.2) is 6.10 Å². The third-order valence-electron chi connectivity index (χ3n) is 5.67. The predicted octanol–water partition coefficient (Wildman–Crippen LogP) is 4.30. The van der Waals surface area contributed by atoms with Crippen molar-refractivity contribution >= 4 is 40.5 Å². The quantitative estimate of drug-likeness (QED) is 0.335. The standard InChI is InChI=1S/C23H16ClN3O5/c24-18-9-5-4-8-17(18)20-19-21(32-26(20)15-6-2-1-3-7-15)23(29)25(22(19)28)14-10-12-16(13-11-14)27(30)31/h1-13,19-21H/t19-,20-,21-/m1/s1. The fourth-order valence-corrected chi connectivity index (χ4v) is 4.47. The minimum absolute atomic E-state index is 0.131. The van der Waals surface area contributed by atoms with Crippen LogP contribution in [-0.4, -0.2) is 22.8 Å². The first kappa shape index (κ1) is 20.2. The maximum Gasteiger partial charge on any atom is 0.269 e. The zero-order valence-electron chi connectivity index (χ0n) is 16.5. The van der Waals surface area contributed by atoms with E-state index in [9.17, 15) is 19.7 Å². The minimum Gasteiger partial charge on any atom is -0.273 e. The highest BCUT2D eigenvalue weighted by Gasteiger charge is 2.60. The van der Waals surface area contributed by atoms with Crippen LogP contribution in [0.1, 0.15) is 11.6 Å². The summed E-state index contributed by atoms with van der Waals surface area (Å²) in [6.45, 7) is 0. The SMILES string of the molecule is O=C1[C@@H]2[C@@H](c3ccccc3Cl)N(c3ccccc3)O[C@H]2C(=O)N1c1ccc([N+](=O)[O-])cc1. The molecule has 8 nitrogen and oxygen atoms in total. The van der Waals surface area contributed by atoms with E-state index in [1.165, 1.54) is 24.3 Å². The maximum absolute atomic E-state index is 13.5. The van der Waals surface area contributed by atoms with Crippen LogP contribution in [0.15, 0.2) is 78.9 Å². The summed E-state index contributed by atoms with van der Waals surface area (Å²) in [5.74, 6) is -1.81. The molecular weight excluding hydrogens is 434 g/mol. The highest BCUT2D eigenvalue weighted by Crippen LogP contribution is 2.48. The number of para-hydroxylation sites is 1. The topological polar surface area (TPSA) is 93.0 Å². The number of imide groups is 1. The van der Waals surface area contributed by atoms with E-state index >= 15 is 0 Å². The first-order valence-corrected chi connectivity index (χ1v) is 10.2. The Balaban J connectivity index is 1.57. The van der Waals surface area contributed by atoms with Crippen LogP contribution in [-0.2, 0) is 14.4 Å². The van der Waals surface area contributed by atoms with Crippen LogP contribution in [0.4, 0.5) is 17.1 Å². The maximum atomic E-state index is 13.5. The number of rotatable bonds is 4. The highest BCUT2D eigenvalue weighted by molar-refractivity contribution is 6.31. The Morgan fingerprint density at radius 1 is 0.844 bits per heavy atom. The smallest absolute Gasteiger partial charge is 0.269 e. The normalized spacial score (nSPS) is 22.3. The number of hydrogen-bond donors (Lipinski definition) is 0. The Kier molecular flexibility index (Phi) is 4.88. The van der Waals surface area contributed by atoms with E-state index in [0.717, 1.165) is 4.90 Å². The number of fused-ring (bicyclic) bond motifs is 1. The summed E-state index contributed by atoms with van der Waals surface area (Å²) in [4.78, 5) is 44.2. The molecule has 3 atom stereocenters. The van der Waals surface area contributed by atoms with E-state index in [4.69, 9.17) is 16.4 Å². The second-order valence-electron chi connectivity index (χ2n) is 7.46. The number of carbonyl (C=O) groups excluding carboxylic acids is 2. The summed E-state index contributed by atoms with van der Waals surface area (Å²) in [5, 5.41) is 13.0. The fraction of sp³-hybridized carbons (Fsp3) is 0.130. The summed E-state index contributed by atoms with van der Waals surface area (Å²) >= 11 is 6.48. The number of carbonyl (C=O) groups is 2. The molecule has 3 aromatic rings. The largest absolute Gasteiger partial charge is 0.273 e. The Morgan fingerprint density at radius 3 is 2.16 bits per heavy atom. The van der Waals surface area contributed by atoms with E-state index in [2.05, 4.69) is 0 Å². The molecule has 5 rings (SSSR count). The Bertz CT molecular complexity index is 1220. The number of nitro benzene ring substituents is 1. The van der Waals surface area contributed by atoms with Crippen molar-refractivity contribution in [2.75, 3.05) is 9.96 Å². The number of nitrogens with zero attached hydrogens (tertiary/aromatic N) is 3. The summed E-state index contributed by atoms with van der Waals surface area (Å²) in [5.41, 5.74) is 1.48. The Hall–Kier alpha value is -3.75. The third kappa shape index (κ3) is 3.12. The number of nitro groups is 1. The summed E-state index contributed by atoms with van der Waals surface area (Å²) < 4.78 is 0. The number of benzene rings is 3. The van der Waals surface area contributed by atoms with Gasteiger partial charge in [-0.25, -0.2) is 9.96 Å². The fourth-order valence-electron chi connectivity index (χ4n) is 4.22. The van der Waals surface area contributed by atoms with Gasteiger partial charge in [0.2, 0.25) is 5.91 Å². The highest BCUT2D eigenvalue weighted by atomic mass is 35.5. The van der Waals surface area contributed by atoms with E-state index in [1.54, 1.807) is 23.3 Å². The number of hydrogen-bond acceptors (Lipinski definition) is 6. The molecule has 0 saturated carbocycles. The van der Waals surface area contributed by atoms with Gasteiger partial charge in [-0.05, 0) is 35.9 Å². The molecule has 0 aliphatic carbocycles. The number of anilines is 2. The van der Waals surface area contributed by atoms with Crippen molar-refractivity contribution in [1.82, 2.24) is 0 Å². The lowest BCUT2D eigenvalue weighted by Crippen LogP contribution is -2.37. The van der Waals surface area contributed by atoms with Crippen LogP contribution in [0, 0.1) is 16.0 Å². The van der Waals surface area contributed by atoms with Gasteiger partial charge in [0, 0.05) is 17.2 Å². The summed E-state index contributed by atoms with van der Waals surface area (Å²) in [6, 6.07) is 21.0. The van der Waals surface area contributed by atoms with E-state index in [1.807, 2.05) is 36.4 Å². The molecule has 0 unspecified atom stereocenters. The van der Waals surface area contributed by atoms with Crippen molar-refractivity contribution in [3.63, 3.8) is 0 Å². The van der Waals surface area contributed by atoms with E-state index in [0.29, 0.717) is 16.3 Å². The van der Waals surface area contributed by atoms with Gasteiger partial charge < -0.3 is 0 Å². The number of amides is 2.